The van der Waals surface area contributed by atoms with Crippen molar-refractivity contribution in [1.82, 2.24) is 5.32 Å². The number of hydrogen-bond acceptors (Lipinski definition) is 3. The zero-order valence-corrected chi connectivity index (χ0v) is 12.5. The van der Waals surface area contributed by atoms with E-state index in [-0.39, 0.29) is 6.10 Å². The predicted octanol–water partition coefficient (Wildman–Crippen LogP) is 2.85. The number of ether oxygens (including phenoxy) is 1. The molecule has 0 aliphatic heterocycles. The van der Waals surface area contributed by atoms with Crippen molar-refractivity contribution in [3.63, 3.8) is 0 Å². The molecule has 4 heteroatoms. The Bertz CT molecular complexity index is 420. The summed E-state index contributed by atoms with van der Waals surface area (Å²) in [4.78, 5) is 0. The van der Waals surface area contributed by atoms with Crippen molar-refractivity contribution in [2.45, 2.75) is 44.4 Å². The Balaban J connectivity index is 2.18. The molecule has 2 unspecified atom stereocenters. The molecular weight excluding hydrogens is 294 g/mol. The molecule has 0 amide bonds. The molecule has 0 aromatic heterocycles. The molecule has 2 N–H and O–H groups in total. The van der Waals surface area contributed by atoms with Crippen LogP contribution in [0.25, 0.3) is 0 Å². The van der Waals surface area contributed by atoms with Gasteiger partial charge in [-0.1, -0.05) is 15.9 Å². The molecule has 1 aromatic carbocycles. The highest BCUT2D eigenvalue weighted by atomic mass is 79.9. The van der Waals surface area contributed by atoms with Crippen LogP contribution in [0.5, 0.6) is 5.75 Å². The van der Waals surface area contributed by atoms with Gasteiger partial charge in [-0.05, 0) is 51.4 Å². The fraction of sp³-hybridized carbons (Fsp3) is 0.571. The Morgan fingerprint density at radius 1 is 1.56 bits per heavy atom. The number of aliphatic hydroxyl groups is 1. The van der Waals surface area contributed by atoms with Crippen molar-refractivity contribution in [3.05, 3.63) is 28.2 Å². The van der Waals surface area contributed by atoms with E-state index in [0.29, 0.717) is 0 Å². The number of nitrogens with one attached hydrogen (secondary N) is 1. The van der Waals surface area contributed by atoms with E-state index in [9.17, 15) is 5.11 Å². The molecule has 0 bridgehead atoms. The minimum absolute atomic E-state index is 0.103. The summed E-state index contributed by atoms with van der Waals surface area (Å²) < 4.78 is 7.06. The smallest absolute Gasteiger partial charge is 0.127 e. The summed E-state index contributed by atoms with van der Waals surface area (Å²) in [5.74, 6) is 0.861. The topological polar surface area (TPSA) is 41.5 Å². The van der Waals surface area contributed by atoms with E-state index in [4.69, 9.17) is 4.74 Å². The first-order chi connectivity index (χ1) is 8.53. The first-order valence-electron chi connectivity index (χ1n) is 6.35. The van der Waals surface area contributed by atoms with Gasteiger partial charge in [0.05, 0.1) is 5.60 Å². The maximum atomic E-state index is 10.2. The molecule has 2 rings (SSSR count). The average molecular weight is 314 g/mol. The normalized spacial score (nSPS) is 27.4. The molecule has 1 aliphatic carbocycles. The zero-order valence-electron chi connectivity index (χ0n) is 10.9. The lowest BCUT2D eigenvalue weighted by Crippen LogP contribution is -2.38. The third kappa shape index (κ3) is 3.05. The fourth-order valence-electron chi connectivity index (χ4n) is 2.45. The Kier molecular flexibility index (Phi) is 4.30. The standard InChI is InChI=1S/C14H20BrNO2/c1-14(17)7-3-4-13(14)18-12-6-5-11(15)8-10(12)9-16-2/h5-6,8,13,16-17H,3-4,7,9H2,1-2H3. The Morgan fingerprint density at radius 3 is 2.94 bits per heavy atom. The summed E-state index contributed by atoms with van der Waals surface area (Å²) in [6, 6.07) is 5.98. The van der Waals surface area contributed by atoms with Gasteiger partial charge in [-0.25, -0.2) is 0 Å². The van der Waals surface area contributed by atoms with E-state index in [1.54, 1.807) is 0 Å². The molecular formula is C14H20BrNO2. The summed E-state index contributed by atoms with van der Waals surface area (Å²) in [6.07, 6.45) is 2.65. The molecule has 2 atom stereocenters. The second kappa shape index (κ2) is 5.59. The number of benzene rings is 1. The van der Waals surface area contributed by atoms with Gasteiger partial charge in [-0.3, -0.25) is 0 Å². The third-order valence-electron chi connectivity index (χ3n) is 3.50. The SMILES string of the molecule is CNCc1cc(Br)ccc1OC1CCCC1(C)O. The maximum Gasteiger partial charge on any atom is 0.127 e. The van der Waals surface area contributed by atoms with Gasteiger partial charge in [0.25, 0.3) is 0 Å². The van der Waals surface area contributed by atoms with E-state index in [1.807, 2.05) is 26.1 Å². The van der Waals surface area contributed by atoms with Crippen LogP contribution in [0.15, 0.2) is 22.7 Å². The molecule has 3 nitrogen and oxygen atoms in total. The maximum absolute atomic E-state index is 10.2. The Hall–Kier alpha value is -0.580. The minimum Gasteiger partial charge on any atom is -0.487 e. The van der Waals surface area contributed by atoms with Gasteiger partial charge in [0, 0.05) is 16.6 Å². The molecule has 100 valence electrons. The minimum atomic E-state index is -0.704. The van der Waals surface area contributed by atoms with Crippen LogP contribution in [0.3, 0.4) is 0 Å². The van der Waals surface area contributed by atoms with Crippen LogP contribution in [-0.4, -0.2) is 23.9 Å². The van der Waals surface area contributed by atoms with Crippen LogP contribution in [0.1, 0.15) is 31.7 Å². The van der Waals surface area contributed by atoms with Crippen LogP contribution in [0.4, 0.5) is 0 Å². The monoisotopic (exact) mass is 313 g/mol. The first-order valence-corrected chi connectivity index (χ1v) is 7.14. The van der Waals surface area contributed by atoms with Gasteiger partial charge in [0.2, 0.25) is 0 Å². The van der Waals surface area contributed by atoms with E-state index in [1.165, 1.54) is 0 Å². The van der Waals surface area contributed by atoms with Gasteiger partial charge in [-0.15, -0.1) is 0 Å². The van der Waals surface area contributed by atoms with Crippen LogP contribution >= 0.6 is 15.9 Å². The fourth-order valence-corrected chi connectivity index (χ4v) is 2.86. The summed E-state index contributed by atoms with van der Waals surface area (Å²) in [5.41, 5.74) is 0.402. The molecule has 1 fully saturated rings. The quantitative estimate of drug-likeness (QED) is 0.898. The van der Waals surface area contributed by atoms with Crippen molar-refractivity contribution in [1.29, 1.82) is 0 Å². The lowest BCUT2D eigenvalue weighted by atomic mass is 10.0. The highest BCUT2D eigenvalue weighted by molar-refractivity contribution is 9.10. The van der Waals surface area contributed by atoms with Crippen LogP contribution in [0, 0.1) is 0 Å². The molecule has 1 aliphatic rings. The predicted molar refractivity (Wildman–Crippen MR) is 75.8 cm³/mol. The lowest BCUT2D eigenvalue weighted by molar-refractivity contribution is -0.0255. The van der Waals surface area contributed by atoms with E-state index in [2.05, 4.69) is 27.3 Å². The molecule has 0 saturated heterocycles. The van der Waals surface area contributed by atoms with Crippen LogP contribution in [-0.2, 0) is 6.54 Å². The van der Waals surface area contributed by atoms with Crippen molar-refractivity contribution in [3.8, 4) is 5.75 Å². The zero-order chi connectivity index (χ0) is 13.2. The van der Waals surface area contributed by atoms with Crippen LogP contribution < -0.4 is 10.1 Å². The third-order valence-corrected chi connectivity index (χ3v) is 4.00. The number of halogens is 1. The first kappa shape index (κ1) is 13.8. The van der Waals surface area contributed by atoms with Crippen molar-refractivity contribution >= 4 is 15.9 Å². The molecule has 0 spiro atoms. The lowest BCUT2D eigenvalue weighted by Gasteiger charge is -2.27. The van der Waals surface area contributed by atoms with Gasteiger partial charge in [0.1, 0.15) is 11.9 Å². The highest BCUT2D eigenvalue weighted by Crippen LogP contribution is 2.34. The van der Waals surface area contributed by atoms with Crippen molar-refractivity contribution in [2.24, 2.45) is 0 Å². The molecule has 1 saturated carbocycles. The van der Waals surface area contributed by atoms with E-state index < -0.39 is 5.60 Å². The number of hydrogen-bond donors (Lipinski definition) is 2. The Labute approximate surface area is 117 Å². The second-order valence-corrected chi connectivity index (χ2v) is 6.05. The summed E-state index contributed by atoms with van der Waals surface area (Å²) in [5, 5.41) is 13.4. The largest absolute Gasteiger partial charge is 0.487 e. The number of rotatable bonds is 4. The van der Waals surface area contributed by atoms with Gasteiger partial charge < -0.3 is 15.2 Å². The highest BCUT2D eigenvalue weighted by Gasteiger charge is 2.38. The Morgan fingerprint density at radius 2 is 2.33 bits per heavy atom. The molecule has 0 radical (unpaired) electrons. The average Bonchev–Trinajstić information content (AvgIpc) is 2.62. The molecule has 1 aromatic rings. The van der Waals surface area contributed by atoms with E-state index >= 15 is 0 Å². The van der Waals surface area contributed by atoms with E-state index in [0.717, 1.165) is 41.6 Å². The van der Waals surface area contributed by atoms with Gasteiger partial charge in [0.15, 0.2) is 0 Å². The van der Waals surface area contributed by atoms with Crippen LogP contribution in [0.2, 0.25) is 0 Å². The molecule has 0 heterocycles. The van der Waals surface area contributed by atoms with Gasteiger partial charge >= 0.3 is 0 Å². The van der Waals surface area contributed by atoms with Crippen molar-refractivity contribution < 1.29 is 9.84 Å². The molecule has 18 heavy (non-hydrogen) atoms. The van der Waals surface area contributed by atoms with Gasteiger partial charge in [-0.2, -0.15) is 0 Å². The summed E-state index contributed by atoms with van der Waals surface area (Å²) >= 11 is 3.47. The summed E-state index contributed by atoms with van der Waals surface area (Å²) in [6.45, 7) is 2.62. The van der Waals surface area contributed by atoms with Crippen molar-refractivity contribution in [2.75, 3.05) is 7.05 Å². The summed E-state index contributed by atoms with van der Waals surface area (Å²) in [7, 11) is 1.91. The second-order valence-electron chi connectivity index (χ2n) is 5.14.